The van der Waals surface area contributed by atoms with Gasteiger partial charge in [-0.05, 0) is 69.6 Å². The molecule has 0 radical (unpaired) electrons. The minimum absolute atomic E-state index is 0.0607. The maximum absolute atomic E-state index is 14.5. The largest absolute Gasteiger partial charge is 0.297 e. The summed E-state index contributed by atoms with van der Waals surface area (Å²) >= 11 is 0. The lowest BCUT2D eigenvalue weighted by Crippen LogP contribution is -2.48. The Balaban J connectivity index is 1.32. The molecule has 4 heteroatoms. The van der Waals surface area contributed by atoms with Crippen LogP contribution in [-0.2, 0) is 17.6 Å². The Morgan fingerprint density at radius 2 is 1.38 bits per heavy atom. The second-order valence-corrected chi connectivity index (χ2v) is 10.6. The number of nitrogens with zero attached hydrogens (tertiary/aromatic N) is 1. The molecule has 0 spiro atoms. The lowest BCUT2D eigenvalue weighted by molar-refractivity contribution is -0.124. The molecule has 7 rings (SSSR count). The highest BCUT2D eigenvalue weighted by Gasteiger charge is 2.45. The zero-order chi connectivity index (χ0) is 26.5. The van der Waals surface area contributed by atoms with Crippen molar-refractivity contribution in [2.45, 2.75) is 37.6 Å². The number of rotatable bonds is 5. The van der Waals surface area contributed by atoms with Crippen LogP contribution in [0.5, 0.6) is 0 Å². The number of benzene rings is 5. The van der Waals surface area contributed by atoms with E-state index in [1.807, 2.05) is 36.4 Å². The summed E-state index contributed by atoms with van der Waals surface area (Å²) in [6, 6.07) is 32.6. The first kappa shape index (κ1) is 23.5. The third-order valence-corrected chi connectivity index (χ3v) is 8.45. The molecule has 5 aromatic rings. The number of ketones is 1. The summed E-state index contributed by atoms with van der Waals surface area (Å²) in [4.78, 5) is 42.8. The number of hydrogen-bond donors (Lipinski definition) is 0. The van der Waals surface area contributed by atoms with Crippen molar-refractivity contribution in [1.82, 2.24) is 4.90 Å². The molecule has 0 saturated carbocycles. The summed E-state index contributed by atoms with van der Waals surface area (Å²) in [5.41, 5.74) is 3.91. The van der Waals surface area contributed by atoms with Crippen LogP contribution in [0.15, 0.2) is 103 Å². The number of amides is 2. The molecular weight excluding hydrogens is 482 g/mol. The molecule has 2 unspecified atom stereocenters. The molecule has 0 fully saturated rings. The Morgan fingerprint density at radius 3 is 2.15 bits per heavy atom. The van der Waals surface area contributed by atoms with Crippen molar-refractivity contribution < 1.29 is 14.4 Å². The topological polar surface area (TPSA) is 54.5 Å². The van der Waals surface area contributed by atoms with Crippen LogP contribution >= 0.6 is 0 Å². The van der Waals surface area contributed by atoms with E-state index in [1.54, 1.807) is 24.3 Å². The van der Waals surface area contributed by atoms with Gasteiger partial charge in [-0.15, -0.1) is 0 Å². The predicted octanol–water partition coefficient (Wildman–Crippen LogP) is 6.89. The molecule has 2 atom stereocenters. The molecule has 39 heavy (non-hydrogen) atoms. The Morgan fingerprint density at radius 1 is 0.718 bits per heavy atom. The number of imide groups is 1. The van der Waals surface area contributed by atoms with Gasteiger partial charge in [-0.2, -0.15) is 0 Å². The van der Waals surface area contributed by atoms with E-state index in [4.69, 9.17) is 0 Å². The van der Waals surface area contributed by atoms with Crippen LogP contribution in [0.3, 0.4) is 0 Å². The Kier molecular flexibility index (Phi) is 5.62. The molecule has 0 saturated heterocycles. The van der Waals surface area contributed by atoms with Crippen molar-refractivity contribution in [2.24, 2.45) is 0 Å². The Bertz CT molecular complexity index is 1750. The van der Waals surface area contributed by atoms with Gasteiger partial charge in [-0.3, -0.25) is 19.3 Å². The lowest BCUT2D eigenvalue weighted by atomic mass is 9.76. The van der Waals surface area contributed by atoms with Crippen LogP contribution in [0.2, 0.25) is 0 Å². The third kappa shape index (κ3) is 3.78. The van der Waals surface area contributed by atoms with Crippen LogP contribution in [0.4, 0.5) is 0 Å². The maximum Gasteiger partial charge on any atom is 0.262 e. The van der Waals surface area contributed by atoms with Crippen molar-refractivity contribution in [1.29, 1.82) is 0 Å². The summed E-state index contributed by atoms with van der Waals surface area (Å²) in [5.74, 6) is -1.20. The summed E-state index contributed by atoms with van der Waals surface area (Å²) in [5, 5.41) is 4.78. The molecule has 2 amide bonds. The fourth-order valence-corrected chi connectivity index (χ4v) is 6.59. The lowest BCUT2D eigenvalue weighted by Gasteiger charge is -2.32. The van der Waals surface area contributed by atoms with E-state index < -0.39 is 6.04 Å². The summed E-state index contributed by atoms with van der Waals surface area (Å²) in [6.07, 6.45) is 2.80. The molecule has 1 aliphatic carbocycles. The van der Waals surface area contributed by atoms with Gasteiger partial charge in [-0.1, -0.05) is 91.0 Å². The number of hydrogen-bond acceptors (Lipinski definition) is 3. The van der Waals surface area contributed by atoms with Crippen molar-refractivity contribution in [3.63, 3.8) is 0 Å². The van der Waals surface area contributed by atoms with Crippen LogP contribution in [-0.4, -0.2) is 28.5 Å². The highest BCUT2D eigenvalue weighted by molar-refractivity contribution is 6.23. The van der Waals surface area contributed by atoms with Crippen molar-refractivity contribution >= 4 is 39.1 Å². The van der Waals surface area contributed by atoms with Gasteiger partial charge >= 0.3 is 0 Å². The molecule has 0 N–H and O–H groups in total. The highest BCUT2D eigenvalue weighted by atomic mass is 16.2. The molecule has 2 aliphatic rings. The number of carbonyl (C=O) groups excluding carboxylic acids is 3. The average Bonchev–Trinajstić information content (AvgIpc) is 3.24. The number of fused-ring (bicyclic) bond motifs is 6. The van der Waals surface area contributed by atoms with Gasteiger partial charge in [0.25, 0.3) is 11.8 Å². The van der Waals surface area contributed by atoms with E-state index >= 15 is 0 Å². The van der Waals surface area contributed by atoms with E-state index in [1.165, 1.54) is 32.0 Å². The molecule has 1 heterocycles. The van der Waals surface area contributed by atoms with Gasteiger partial charge in [0.15, 0.2) is 5.78 Å². The molecule has 190 valence electrons. The molecular formula is C35H27NO3. The molecule has 0 bridgehead atoms. The Labute approximate surface area is 226 Å². The zero-order valence-corrected chi connectivity index (χ0v) is 21.5. The summed E-state index contributed by atoms with van der Waals surface area (Å²) < 4.78 is 0. The minimum Gasteiger partial charge on any atom is -0.297 e. The van der Waals surface area contributed by atoms with Crippen molar-refractivity contribution in [3.05, 3.63) is 131 Å². The van der Waals surface area contributed by atoms with Crippen molar-refractivity contribution in [3.8, 4) is 0 Å². The predicted molar refractivity (Wildman–Crippen MR) is 153 cm³/mol. The number of Topliss-reactive ketones (excluding diaryl/α,β-unsaturated/α-hetero) is 1. The van der Waals surface area contributed by atoms with Crippen LogP contribution < -0.4 is 0 Å². The molecule has 0 aromatic heterocycles. The second kappa shape index (κ2) is 9.32. The van der Waals surface area contributed by atoms with Gasteiger partial charge in [0.05, 0.1) is 11.1 Å². The van der Waals surface area contributed by atoms with Crippen molar-refractivity contribution in [2.75, 3.05) is 0 Å². The molecule has 5 aromatic carbocycles. The van der Waals surface area contributed by atoms with E-state index in [2.05, 4.69) is 42.5 Å². The van der Waals surface area contributed by atoms with Gasteiger partial charge in [-0.25, -0.2) is 0 Å². The van der Waals surface area contributed by atoms with E-state index in [-0.39, 0.29) is 23.5 Å². The zero-order valence-electron chi connectivity index (χ0n) is 21.5. The monoisotopic (exact) mass is 509 g/mol. The second-order valence-electron chi connectivity index (χ2n) is 10.6. The van der Waals surface area contributed by atoms with E-state index in [9.17, 15) is 14.4 Å². The summed E-state index contributed by atoms with van der Waals surface area (Å²) in [7, 11) is 0. The fourth-order valence-electron chi connectivity index (χ4n) is 6.59. The van der Waals surface area contributed by atoms with Crippen LogP contribution in [0.25, 0.3) is 21.5 Å². The molecule has 1 aliphatic heterocycles. The average molecular weight is 510 g/mol. The fraction of sp³-hybridized carbons (Fsp3) is 0.171. The van der Waals surface area contributed by atoms with E-state index in [0.29, 0.717) is 24.0 Å². The Hall–Kier alpha value is -4.57. The van der Waals surface area contributed by atoms with Gasteiger partial charge in [0.2, 0.25) is 0 Å². The highest BCUT2D eigenvalue weighted by Crippen LogP contribution is 2.40. The normalized spacial score (nSPS) is 17.3. The van der Waals surface area contributed by atoms with Crippen LogP contribution in [0.1, 0.15) is 56.2 Å². The van der Waals surface area contributed by atoms with E-state index in [0.717, 1.165) is 24.0 Å². The first-order chi connectivity index (χ1) is 19.1. The van der Waals surface area contributed by atoms with Gasteiger partial charge in [0.1, 0.15) is 6.04 Å². The van der Waals surface area contributed by atoms with Gasteiger partial charge < -0.3 is 0 Å². The SMILES string of the molecule is O=C(C1CCCc2c1ccc1c2ccc2ccccc21)C(Cc1ccccc1)N1C(=O)c2ccccc2C1=O. The first-order valence-corrected chi connectivity index (χ1v) is 13.6. The quantitative estimate of drug-likeness (QED) is 0.192. The minimum atomic E-state index is -0.872. The third-order valence-electron chi connectivity index (χ3n) is 8.45. The smallest absolute Gasteiger partial charge is 0.262 e. The number of carbonyl (C=O) groups is 3. The molecule has 4 nitrogen and oxygen atoms in total. The number of aryl methyl sites for hydroxylation is 1. The van der Waals surface area contributed by atoms with Gasteiger partial charge in [0, 0.05) is 12.3 Å². The maximum atomic E-state index is 14.5. The first-order valence-electron chi connectivity index (χ1n) is 13.6. The standard InChI is InChI=1S/C35H27NO3/c37-33(29-16-8-15-25-27-18-17-23-11-4-5-12-24(23)26(27)19-20-28(25)29)32(21-22-9-2-1-3-10-22)36-34(38)30-13-6-7-14-31(30)35(36)39/h1-7,9-14,17-20,29,32H,8,15-16,21H2. The summed E-state index contributed by atoms with van der Waals surface area (Å²) in [6.45, 7) is 0. The van der Waals surface area contributed by atoms with Crippen LogP contribution in [0, 0.1) is 0 Å².